The van der Waals surface area contributed by atoms with E-state index in [1.54, 1.807) is 0 Å². The van der Waals surface area contributed by atoms with E-state index < -0.39 is 0 Å². The van der Waals surface area contributed by atoms with Crippen molar-refractivity contribution >= 4 is 0 Å². The standard InChI is InChI=1S/C12H22N2O2/c1-11(2)15-9-12(16-11)3-5-14(6-4-12)10-7-13-8-10/h10,13H,3-9H2,1-2H3. The number of hydrogen-bond acceptors (Lipinski definition) is 4. The van der Waals surface area contributed by atoms with Gasteiger partial charge in [0.15, 0.2) is 5.79 Å². The fourth-order valence-corrected chi connectivity index (χ4v) is 2.96. The topological polar surface area (TPSA) is 33.7 Å². The monoisotopic (exact) mass is 226 g/mol. The predicted molar refractivity (Wildman–Crippen MR) is 61.3 cm³/mol. The van der Waals surface area contributed by atoms with Gasteiger partial charge in [-0.2, -0.15) is 0 Å². The van der Waals surface area contributed by atoms with E-state index in [1.807, 2.05) is 13.8 Å². The molecule has 0 bridgehead atoms. The fraction of sp³-hybridized carbons (Fsp3) is 1.00. The van der Waals surface area contributed by atoms with Gasteiger partial charge in [-0.3, -0.25) is 4.90 Å². The summed E-state index contributed by atoms with van der Waals surface area (Å²) in [6.45, 7) is 9.45. The zero-order valence-electron chi connectivity index (χ0n) is 10.3. The molecule has 0 unspecified atom stereocenters. The number of hydrogen-bond donors (Lipinski definition) is 1. The number of rotatable bonds is 1. The normalized spacial score (nSPS) is 34.1. The van der Waals surface area contributed by atoms with Crippen LogP contribution >= 0.6 is 0 Å². The van der Waals surface area contributed by atoms with E-state index in [4.69, 9.17) is 9.47 Å². The van der Waals surface area contributed by atoms with Crippen LogP contribution < -0.4 is 5.32 Å². The first-order valence-electron chi connectivity index (χ1n) is 6.38. The van der Waals surface area contributed by atoms with Gasteiger partial charge in [0.25, 0.3) is 0 Å². The Morgan fingerprint density at radius 2 is 1.88 bits per heavy atom. The van der Waals surface area contributed by atoms with Crippen LogP contribution in [0.15, 0.2) is 0 Å². The Kier molecular flexibility index (Phi) is 2.51. The maximum absolute atomic E-state index is 6.09. The van der Waals surface area contributed by atoms with Gasteiger partial charge in [0.05, 0.1) is 12.2 Å². The molecule has 92 valence electrons. The van der Waals surface area contributed by atoms with Gasteiger partial charge >= 0.3 is 0 Å². The van der Waals surface area contributed by atoms with Crippen LogP contribution in [-0.2, 0) is 9.47 Å². The Hall–Kier alpha value is -0.160. The third kappa shape index (κ3) is 1.88. The number of piperidine rings is 1. The van der Waals surface area contributed by atoms with Gasteiger partial charge in [-0.15, -0.1) is 0 Å². The summed E-state index contributed by atoms with van der Waals surface area (Å²) in [6, 6.07) is 0.771. The van der Waals surface area contributed by atoms with E-state index in [0.717, 1.165) is 51.7 Å². The van der Waals surface area contributed by atoms with Gasteiger partial charge in [0.2, 0.25) is 0 Å². The molecule has 0 atom stereocenters. The van der Waals surface area contributed by atoms with Crippen LogP contribution in [0.25, 0.3) is 0 Å². The molecule has 3 saturated heterocycles. The molecule has 3 fully saturated rings. The second-order valence-electron chi connectivity index (χ2n) is 5.82. The summed E-state index contributed by atoms with van der Waals surface area (Å²) in [6.07, 6.45) is 2.24. The van der Waals surface area contributed by atoms with Crippen LogP contribution in [0.2, 0.25) is 0 Å². The average molecular weight is 226 g/mol. The maximum atomic E-state index is 6.09. The SMILES string of the molecule is CC1(C)OCC2(CCN(C3CNC3)CC2)O1. The molecule has 0 amide bonds. The molecular weight excluding hydrogens is 204 g/mol. The molecule has 3 rings (SSSR count). The predicted octanol–water partition coefficient (Wildman–Crippen LogP) is 0.576. The van der Waals surface area contributed by atoms with E-state index in [9.17, 15) is 0 Å². The highest BCUT2D eigenvalue weighted by Crippen LogP contribution is 2.38. The van der Waals surface area contributed by atoms with Crippen LogP contribution in [0.4, 0.5) is 0 Å². The first-order chi connectivity index (χ1) is 7.59. The van der Waals surface area contributed by atoms with Crippen molar-refractivity contribution in [2.75, 3.05) is 32.8 Å². The number of ether oxygens (including phenoxy) is 2. The minimum absolute atomic E-state index is 0.0111. The number of nitrogens with one attached hydrogen (secondary N) is 1. The van der Waals surface area contributed by atoms with E-state index in [1.165, 1.54) is 0 Å². The van der Waals surface area contributed by atoms with Crippen molar-refractivity contribution < 1.29 is 9.47 Å². The summed E-state index contributed by atoms with van der Waals surface area (Å²) >= 11 is 0. The summed E-state index contributed by atoms with van der Waals surface area (Å²) in [5, 5.41) is 3.34. The van der Waals surface area contributed by atoms with E-state index in [2.05, 4.69) is 10.2 Å². The maximum Gasteiger partial charge on any atom is 0.163 e. The van der Waals surface area contributed by atoms with Crippen LogP contribution in [-0.4, -0.2) is 55.1 Å². The molecule has 3 aliphatic rings. The van der Waals surface area contributed by atoms with Crippen LogP contribution in [0.5, 0.6) is 0 Å². The molecule has 3 heterocycles. The molecule has 1 N–H and O–H groups in total. The van der Waals surface area contributed by atoms with E-state index in [-0.39, 0.29) is 11.4 Å². The van der Waals surface area contributed by atoms with Crippen molar-refractivity contribution in [3.05, 3.63) is 0 Å². The molecule has 0 radical (unpaired) electrons. The van der Waals surface area contributed by atoms with Gasteiger partial charge in [0, 0.05) is 32.2 Å². The average Bonchev–Trinajstić information content (AvgIpc) is 2.44. The van der Waals surface area contributed by atoms with Crippen molar-refractivity contribution in [1.29, 1.82) is 0 Å². The summed E-state index contributed by atoms with van der Waals surface area (Å²) < 4.78 is 11.8. The highest BCUT2D eigenvalue weighted by molar-refractivity contribution is 4.96. The summed E-state index contributed by atoms with van der Waals surface area (Å²) in [5.74, 6) is -0.375. The van der Waals surface area contributed by atoms with Gasteiger partial charge in [-0.05, 0) is 26.7 Å². The van der Waals surface area contributed by atoms with Crippen LogP contribution in [0.1, 0.15) is 26.7 Å². The molecule has 0 aromatic carbocycles. The fourth-order valence-electron chi connectivity index (χ4n) is 2.96. The molecular formula is C12H22N2O2. The smallest absolute Gasteiger partial charge is 0.163 e. The molecule has 4 heteroatoms. The second-order valence-corrected chi connectivity index (χ2v) is 5.82. The summed E-state index contributed by atoms with van der Waals surface area (Å²) in [7, 11) is 0. The zero-order chi connectivity index (χ0) is 11.2. The quantitative estimate of drug-likeness (QED) is 0.709. The minimum atomic E-state index is -0.375. The Morgan fingerprint density at radius 1 is 1.19 bits per heavy atom. The largest absolute Gasteiger partial charge is 0.347 e. The minimum Gasteiger partial charge on any atom is -0.347 e. The molecule has 4 nitrogen and oxygen atoms in total. The lowest BCUT2D eigenvalue weighted by molar-refractivity contribution is -0.171. The lowest BCUT2D eigenvalue weighted by Crippen LogP contribution is -2.60. The lowest BCUT2D eigenvalue weighted by Gasteiger charge is -2.45. The van der Waals surface area contributed by atoms with E-state index in [0.29, 0.717) is 0 Å². The number of nitrogens with zero attached hydrogens (tertiary/aromatic N) is 1. The summed E-state index contributed by atoms with van der Waals surface area (Å²) in [4.78, 5) is 2.59. The van der Waals surface area contributed by atoms with Crippen LogP contribution in [0.3, 0.4) is 0 Å². The van der Waals surface area contributed by atoms with Crippen molar-refractivity contribution in [1.82, 2.24) is 10.2 Å². The highest BCUT2D eigenvalue weighted by atomic mass is 16.8. The lowest BCUT2D eigenvalue weighted by atomic mass is 9.91. The molecule has 16 heavy (non-hydrogen) atoms. The Bertz CT molecular complexity index is 268. The van der Waals surface area contributed by atoms with Gasteiger partial charge < -0.3 is 14.8 Å². The third-order valence-electron chi connectivity index (χ3n) is 4.13. The molecule has 1 spiro atoms. The van der Waals surface area contributed by atoms with Crippen molar-refractivity contribution in [2.24, 2.45) is 0 Å². The first kappa shape index (κ1) is 11.0. The summed E-state index contributed by atoms with van der Waals surface area (Å²) in [5.41, 5.74) is 0.0111. The molecule has 0 aromatic heterocycles. The van der Waals surface area contributed by atoms with Crippen molar-refractivity contribution in [2.45, 2.75) is 44.1 Å². The molecule has 0 aromatic rings. The number of likely N-dealkylation sites (tertiary alicyclic amines) is 1. The Balaban J connectivity index is 1.57. The van der Waals surface area contributed by atoms with Crippen molar-refractivity contribution in [3.63, 3.8) is 0 Å². The van der Waals surface area contributed by atoms with Crippen molar-refractivity contribution in [3.8, 4) is 0 Å². The molecule has 3 aliphatic heterocycles. The highest BCUT2D eigenvalue weighted by Gasteiger charge is 2.47. The van der Waals surface area contributed by atoms with Crippen LogP contribution in [0, 0.1) is 0 Å². The molecule has 0 saturated carbocycles. The molecule has 0 aliphatic carbocycles. The second kappa shape index (κ2) is 3.67. The Morgan fingerprint density at radius 3 is 2.31 bits per heavy atom. The first-order valence-corrected chi connectivity index (χ1v) is 6.38. The van der Waals surface area contributed by atoms with Gasteiger partial charge in [-0.1, -0.05) is 0 Å². The Labute approximate surface area is 97.3 Å². The van der Waals surface area contributed by atoms with Gasteiger partial charge in [-0.25, -0.2) is 0 Å². The zero-order valence-corrected chi connectivity index (χ0v) is 10.3. The van der Waals surface area contributed by atoms with E-state index >= 15 is 0 Å². The van der Waals surface area contributed by atoms with Gasteiger partial charge in [0.1, 0.15) is 0 Å². The third-order valence-corrected chi connectivity index (χ3v) is 4.13.